The molecular weight excluding hydrogens is 190 g/mol. The smallest absolute Gasteiger partial charge is 0.267 e. The molecule has 2 rings (SSSR count). The fourth-order valence-corrected chi connectivity index (χ4v) is 2.16. The molecular formula is C11H17N3O. The van der Waals surface area contributed by atoms with Crippen molar-refractivity contribution in [1.82, 2.24) is 9.78 Å². The molecule has 4 nitrogen and oxygen atoms in total. The monoisotopic (exact) mass is 207 g/mol. The predicted octanol–water partition coefficient (Wildman–Crippen LogP) is 1.21. The molecule has 0 saturated heterocycles. The zero-order chi connectivity index (χ0) is 10.7. The molecule has 4 heteroatoms. The maximum Gasteiger partial charge on any atom is 0.267 e. The van der Waals surface area contributed by atoms with Crippen molar-refractivity contribution >= 4 is 0 Å². The molecule has 1 aliphatic carbocycles. The van der Waals surface area contributed by atoms with Crippen LogP contribution in [0.2, 0.25) is 0 Å². The standard InChI is InChI=1S/C11H17N3O/c12-8-9-6-7-11(15)14(13-9)10-4-2-1-3-5-10/h6-7,10H,1-5,8,12H2. The van der Waals surface area contributed by atoms with E-state index in [4.69, 9.17) is 5.73 Å². The zero-order valence-corrected chi connectivity index (χ0v) is 8.85. The van der Waals surface area contributed by atoms with Crippen molar-refractivity contribution in [2.45, 2.75) is 44.7 Å². The summed E-state index contributed by atoms with van der Waals surface area (Å²) in [4.78, 5) is 11.6. The first kappa shape index (κ1) is 10.4. The van der Waals surface area contributed by atoms with Crippen LogP contribution in [0.3, 0.4) is 0 Å². The first-order chi connectivity index (χ1) is 7.31. The van der Waals surface area contributed by atoms with Crippen LogP contribution in [0, 0.1) is 0 Å². The van der Waals surface area contributed by atoms with Crippen LogP contribution in [0.25, 0.3) is 0 Å². The summed E-state index contributed by atoms with van der Waals surface area (Å²) in [6.45, 7) is 0.396. The molecule has 0 aromatic carbocycles. The van der Waals surface area contributed by atoms with Crippen LogP contribution >= 0.6 is 0 Å². The van der Waals surface area contributed by atoms with Crippen LogP contribution in [0.1, 0.15) is 43.8 Å². The highest BCUT2D eigenvalue weighted by atomic mass is 16.1. The van der Waals surface area contributed by atoms with Crippen LogP contribution in [0.5, 0.6) is 0 Å². The Morgan fingerprint density at radius 3 is 2.73 bits per heavy atom. The summed E-state index contributed by atoms with van der Waals surface area (Å²) in [5.41, 5.74) is 6.31. The second kappa shape index (κ2) is 4.57. The Morgan fingerprint density at radius 1 is 1.33 bits per heavy atom. The molecule has 1 aromatic rings. The minimum atomic E-state index is -0.000833. The number of hydrogen-bond acceptors (Lipinski definition) is 3. The highest BCUT2D eigenvalue weighted by Crippen LogP contribution is 2.25. The lowest BCUT2D eigenvalue weighted by Crippen LogP contribution is -2.29. The first-order valence-electron chi connectivity index (χ1n) is 5.60. The maximum atomic E-state index is 11.6. The second-order valence-electron chi connectivity index (χ2n) is 4.10. The number of aromatic nitrogens is 2. The van der Waals surface area contributed by atoms with Gasteiger partial charge in [-0.25, -0.2) is 4.68 Å². The van der Waals surface area contributed by atoms with Crippen LogP contribution in [0.4, 0.5) is 0 Å². The molecule has 0 radical (unpaired) electrons. The van der Waals surface area contributed by atoms with E-state index in [-0.39, 0.29) is 11.6 Å². The van der Waals surface area contributed by atoms with E-state index in [1.165, 1.54) is 19.3 Å². The Kier molecular flexibility index (Phi) is 3.16. The molecule has 0 bridgehead atoms. The van der Waals surface area contributed by atoms with Crippen molar-refractivity contribution in [2.75, 3.05) is 0 Å². The predicted molar refractivity (Wildman–Crippen MR) is 58.5 cm³/mol. The summed E-state index contributed by atoms with van der Waals surface area (Å²) in [7, 11) is 0. The van der Waals surface area contributed by atoms with Crippen molar-refractivity contribution in [1.29, 1.82) is 0 Å². The fraction of sp³-hybridized carbons (Fsp3) is 0.636. The van der Waals surface area contributed by atoms with E-state index in [2.05, 4.69) is 5.10 Å². The molecule has 1 fully saturated rings. The lowest BCUT2D eigenvalue weighted by molar-refractivity contribution is 0.316. The quantitative estimate of drug-likeness (QED) is 0.792. The van der Waals surface area contributed by atoms with Gasteiger partial charge in [-0.15, -0.1) is 0 Å². The third kappa shape index (κ3) is 2.26. The SMILES string of the molecule is NCc1ccc(=O)n(C2CCCCC2)n1. The number of hydrogen-bond donors (Lipinski definition) is 1. The molecule has 0 atom stereocenters. The van der Waals surface area contributed by atoms with E-state index in [1.54, 1.807) is 16.8 Å². The number of rotatable bonds is 2. The largest absolute Gasteiger partial charge is 0.325 e. The van der Waals surface area contributed by atoms with Gasteiger partial charge in [-0.2, -0.15) is 5.10 Å². The highest BCUT2D eigenvalue weighted by Gasteiger charge is 2.17. The minimum absolute atomic E-state index is 0.000833. The second-order valence-corrected chi connectivity index (χ2v) is 4.10. The summed E-state index contributed by atoms with van der Waals surface area (Å²) < 4.78 is 1.63. The molecule has 2 N–H and O–H groups in total. The van der Waals surface area contributed by atoms with Gasteiger partial charge in [0, 0.05) is 12.6 Å². The molecule has 82 valence electrons. The Bertz CT molecular complexity index is 380. The van der Waals surface area contributed by atoms with E-state index in [0.717, 1.165) is 18.5 Å². The average Bonchev–Trinajstić information content (AvgIpc) is 2.31. The van der Waals surface area contributed by atoms with E-state index < -0.39 is 0 Å². The molecule has 0 amide bonds. The Hall–Kier alpha value is -1.16. The van der Waals surface area contributed by atoms with Crippen molar-refractivity contribution in [2.24, 2.45) is 5.73 Å². The lowest BCUT2D eigenvalue weighted by atomic mass is 9.96. The van der Waals surface area contributed by atoms with Gasteiger partial charge in [0.1, 0.15) is 0 Å². The lowest BCUT2D eigenvalue weighted by Gasteiger charge is -2.22. The Morgan fingerprint density at radius 2 is 2.07 bits per heavy atom. The summed E-state index contributed by atoms with van der Waals surface area (Å²) in [6, 6.07) is 3.57. The normalized spacial score (nSPS) is 17.9. The van der Waals surface area contributed by atoms with Gasteiger partial charge in [-0.1, -0.05) is 19.3 Å². The van der Waals surface area contributed by atoms with Crippen LogP contribution in [0.15, 0.2) is 16.9 Å². The Balaban J connectivity index is 2.28. The van der Waals surface area contributed by atoms with Gasteiger partial charge in [-0.05, 0) is 18.9 Å². The summed E-state index contributed by atoms with van der Waals surface area (Å²) in [5, 5.41) is 4.29. The Labute approximate surface area is 89.1 Å². The molecule has 0 unspecified atom stereocenters. The van der Waals surface area contributed by atoms with Crippen molar-refractivity contribution < 1.29 is 0 Å². The average molecular weight is 207 g/mol. The van der Waals surface area contributed by atoms with Crippen LogP contribution < -0.4 is 11.3 Å². The molecule has 1 aromatic heterocycles. The van der Waals surface area contributed by atoms with Gasteiger partial charge in [0.2, 0.25) is 0 Å². The third-order valence-electron chi connectivity index (χ3n) is 3.01. The van der Waals surface area contributed by atoms with E-state index in [0.29, 0.717) is 6.54 Å². The molecule has 1 heterocycles. The zero-order valence-electron chi connectivity index (χ0n) is 8.85. The van der Waals surface area contributed by atoms with E-state index >= 15 is 0 Å². The third-order valence-corrected chi connectivity index (χ3v) is 3.01. The molecule has 1 aliphatic rings. The molecule has 15 heavy (non-hydrogen) atoms. The summed E-state index contributed by atoms with van der Waals surface area (Å²) >= 11 is 0. The van der Waals surface area contributed by atoms with Gasteiger partial charge in [0.25, 0.3) is 5.56 Å². The molecule has 1 saturated carbocycles. The fourth-order valence-electron chi connectivity index (χ4n) is 2.16. The van der Waals surface area contributed by atoms with Gasteiger partial charge in [0.05, 0.1) is 11.7 Å². The van der Waals surface area contributed by atoms with Crippen LogP contribution in [-0.4, -0.2) is 9.78 Å². The topological polar surface area (TPSA) is 60.9 Å². The van der Waals surface area contributed by atoms with E-state index in [9.17, 15) is 4.79 Å². The van der Waals surface area contributed by atoms with Gasteiger partial charge >= 0.3 is 0 Å². The van der Waals surface area contributed by atoms with Crippen molar-refractivity contribution in [3.8, 4) is 0 Å². The minimum Gasteiger partial charge on any atom is -0.325 e. The summed E-state index contributed by atoms with van der Waals surface area (Å²) in [6.07, 6.45) is 5.82. The van der Waals surface area contributed by atoms with Crippen molar-refractivity contribution in [3.63, 3.8) is 0 Å². The van der Waals surface area contributed by atoms with E-state index in [1.807, 2.05) is 0 Å². The number of nitrogens with zero attached hydrogens (tertiary/aromatic N) is 2. The van der Waals surface area contributed by atoms with Crippen molar-refractivity contribution in [3.05, 3.63) is 28.2 Å². The molecule has 0 aliphatic heterocycles. The van der Waals surface area contributed by atoms with Gasteiger partial charge < -0.3 is 5.73 Å². The first-order valence-corrected chi connectivity index (χ1v) is 5.60. The van der Waals surface area contributed by atoms with Gasteiger partial charge in [-0.3, -0.25) is 4.79 Å². The highest BCUT2D eigenvalue weighted by molar-refractivity contribution is 5.00. The maximum absolute atomic E-state index is 11.6. The van der Waals surface area contributed by atoms with Crippen LogP contribution in [-0.2, 0) is 6.54 Å². The summed E-state index contributed by atoms with van der Waals surface area (Å²) in [5.74, 6) is 0. The van der Waals surface area contributed by atoms with Gasteiger partial charge in [0.15, 0.2) is 0 Å². The number of nitrogens with two attached hydrogens (primary N) is 1. The molecule has 0 spiro atoms.